The summed E-state index contributed by atoms with van der Waals surface area (Å²) < 4.78 is 10.6. The molecular weight excluding hydrogens is 276 g/mol. The number of nitriles is 2. The molecule has 0 heterocycles. The Morgan fingerprint density at radius 2 is 1.82 bits per heavy atom. The second-order valence-corrected chi connectivity index (χ2v) is 4.45. The van der Waals surface area contributed by atoms with Crippen LogP contribution in [0, 0.1) is 22.7 Å². The number of nitrogens with zero attached hydrogens (tertiary/aromatic N) is 2. The first-order valence-electron chi connectivity index (χ1n) is 6.56. The van der Waals surface area contributed by atoms with Gasteiger partial charge in [0.1, 0.15) is 0 Å². The first-order valence-corrected chi connectivity index (χ1v) is 6.56. The average molecular weight is 290 g/mol. The molecule has 0 aliphatic rings. The fourth-order valence-corrected chi connectivity index (χ4v) is 2.12. The van der Waals surface area contributed by atoms with Gasteiger partial charge in [-0.05, 0) is 29.8 Å². The molecule has 0 saturated heterocycles. The fraction of sp³-hybridized carbons (Fsp3) is 0.111. The number of hydrogen-bond donors (Lipinski definition) is 0. The number of rotatable bonds is 4. The van der Waals surface area contributed by atoms with Crippen molar-refractivity contribution in [2.24, 2.45) is 0 Å². The zero-order chi connectivity index (χ0) is 15.9. The summed E-state index contributed by atoms with van der Waals surface area (Å²) in [6, 6.07) is 16.6. The van der Waals surface area contributed by atoms with Crippen molar-refractivity contribution in [3.8, 4) is 23.6 Å². The molecule has 0 saturated carbocycles. The molecule has 108 valence electrons. The van der Waals surface area contributed by atoms with Gasteiger partial charge in [0.05, 0.1) is 37.5 Å². The molecular formula is C18H14N2O2. The number of allylic oxidation sites excluding steroid dienone is 1. The van der Waals surface area contributed by atoms with Crippen LogP contribution >= 0.6 is 0 Å². The normalized spacial score (nSPS) is 10.5. The van der Waals surface area contributed by atoms with Gasteiger partial charge in [-0.25, -0.2) is 0 Å². The molecule has 0 radical (unpaired) electrons. The molecule has 0 N–H and O–H groups in total. The largest absolute Gasteiger partial charge is 0.493 e. The van der Waals surface area contributed by atoms with E-state index in [4.69, 9.17) is 14.7 Å². The van der Waals surface area contributed by atoms with Crippen molar-refractivity contribution in [2.45, 2.75) is 0 Å². The van der Waals surface area contributed by atoms with E-state index in [1.165, 1.54) is 0 Å². The molecule has 0 aromatic heterocycles. The predicted molar refractivity (Wildman–Crippen MR) is 84.2 cm³/mol. The summed E-state index contributed by atoms with van der Waals surface area (Å²) in [6.45, 7) is 0. The summed E-state index contributed by atoms with van der Waals surface area (Å²) in [5.74, 6) is 1.16. The Bertz CT molecular complexity index is 795. The van der Waals surface area contributed by atoms with E-state index in [9.17, 15) is 5.26 Å². The van der Waals surface area contributed by atoms with Gasteiger partial charge in [0.15, 0.2) is 11.5 Å². The highest BCUT2D eigenvalue weighted by Crippen LogP contribution is 2.33. The van der Waals surface area contributed by atoms with Crippen LogP contribution < -0.4 is 9.47 Å². The van der Waals surface area contributed by atoms with E-state index in [-0.39, 0.29) is 0 Å². The van der Waals surface area contributed by atoms with Crippen molar-refractivity contribution >= 4 is 11.6 Å². The van der Waals surface area contributed by atoms with Crippen LogP contribution in [0.4, 0.5) is 0 Å². The van der Waals surface area contributed by atoms with Gasteiger partial charge >= 0.3 is 0 Å². The SMILES string of the molecule is COc1cccc(/C=C(/C#N)c2cccc(C#N)c2)c1OC. The van der Waals surface area contributed by atoms with Crippen LogP contribution in [0.25, 0.3) is 11.6 Å². The van der Waals surface area contributed by atoms with Crippen LogP contribution in [0.1, 0.15) is 16.7 Å². The highest BCUT2D eigenvalue weighted by Gasteiger charge is 2.10. The number of benzene rings is 2. The molecule has 2 aromatic carbocycles. The number of ether oxygens (including phenoxy) is 2. The van der Waals surface area contributed by atoms with E-state index < -0.39 is 0 Å². The van der Waals surface area contributed by atoms with Crippen molar-refractivity contribution in [1.29, 1.82) is 10.5 Å². The van der Waals surface area contributed by atoms with Crippen LogP contribution in [0.2, 0.25) is 0 Å². The molecule has 0 aliphatic carbocycles. The molecule has 22 heavy (non-hydrogen) atoms. The van der Waals surface area contributed by atoms with Crippen molar-refractivity contribution in [2.75, 3.05) is 14.2 Å². The van der Waals surface area contributed by atoms with Crippen molar-refractivity contribution in [1.82, 2.24) is 0 Å². The Labute approximate surface area is 129 Å². The molecule has 2 aromatic rings. The van der Waals surface area contributed by atoms with Gasteiger partial charge in [0.2, 0.25) is 0 Å². The summed E-state index contributed by atoms with van der Waals surface area (Å²) in [4.78, 5) is 0. The molecule has 0 bridgehead atoms. The third-order valence-electron chi connectivity index (χ3n) is 3.16. The van der Waals surface area contributed by atoms with Crippen LogP contribution in [0.3, 0.4) is 0 Å². The van der Waals surface area contributed by atoms with Crippen LogP contribution in [-0.2, 0) is 0 Å². The lowest BCUT2D eigenvalue weighted by Crippen LogP contribution is -1.93. The lowest BCUT2D eigenvalue weighted by Gasteiger charge is -2.10. The van der Waals surface area contributed by atoms with E-state index in [1.54, 1.807) is 50.6 Å². The lowest BCUT2D eigenvalue weighted by molar-refractivity contribution is 0.354. The Morgan fingerprint density at radius 1 is 1.05 bits per heavy atom. The molecule has 0 amide bonds. The van der Waals surface area contributed by atoms with Crippen molar-refractivity contribution in [3.05, 3.63) is 59.2 Å². The highest BCUT2D eigenvalue weighted by molar-refractivity contribution is 5.91. The zero-order valence-corrected chi connectivity index (χ0v) is 12.3. The van der Waals surface area contributed by atoms with E-state index >= 15 is 0 Å². The monoisotopic (exact) mass is 290 g/mol. The lowest BCUT2D eigenvalue weighted by atomic mass is 10.0. The third-order valence-corrected chi connectivity index (χ3v) is 3.16. The third kappa shape index (κ3) is 3.08. The summed E-state index contributed by atoms with van der Waals surface area (Å²) in [5.41, 5.74) is 2.38. The van der Waals surface area contributed by atoms with Crippen molar-refractivity contribution < 1.29 is 9.47 Å². The van der Waals surface area contributed by atoms with E-state index in [2.05, 4.69) is 12.1 Å². The van der Waals surface area contributed by atoms with Crippen LogP contribution in [-0.4, -0.2) is 14.2 Å². The van der Waals surface area contributed by atoms with Gasteiger partial charge in [-0.1, -0.05) is 24.3 Å². The summed E-state index contributed by atoms with van der Waals surface area (Å²) in [7, 11) is 3.12. The minimum atomic E-state index is 0.448. The standard InChI is InChI=1S/C18H14N2O2/c1-21-17-8-4-7-15(18(17)22-2)10-16(12-20)14-6-3-5-13(9-14)11-19/h3-10H,1-2H3/b16-10-. The molecule has 0 fully saturated rings. The smallest absolute Gasteiger partial charge is 0.167 e. The minimum Gasteiger partial charge on any atom is -0.493 e. The minimum absolute atomic E-state index is 0.448. The average Bonchev–Trinajstić information content (AvgIpc) is 2.59. The Hall–Kier alpha value is -3.24. The van der Waals surface area contributed by atoms with Crippen LogP contribution in [0.15, 0.2) is 42.5 Å². The second-order valence-electron chi connectivity index (χ2n) is 4.45. The topological polar surface area (TPSA) is 66.0 Å². The summed E-state index contributed by atoms with van der Waals surface area (Å²) in [5, 5.41) is 18.4. The Balaban J connectivity index is 2.55. The molecule has 0 spiro atoms. The van der Waals surface area contributed by atoms with E-state index in [0.29, 0.717) is 28.2 Å². The first kappa shape index (κ1) is 15.2. The number of hydrogen-bond acceptors (Lipinski definition) is 4. The molecule has 0 atom stereocenters. The van der Waals surface area contributed by atoms with E-state index in [0.717, 1.165) is 5.56 Å². The maximum atomic E-state index is 9.42. The zero-order valence-electron chi connectivity index (χ0n) is 12.3. The fourth-order valence-electron chi connectivity index (χ4n) is 2.12. The Morgan fingerprint density at radius 3 is 2.45 bits per heavy atom. The summed E-state index contributed by atoms with van der Waals surface area (Å²) >= 11 is 0. The second kappa shape index (κ2) is 6.97. The van der Waals surface area contributed by atoms with Gasteiger partial charge in [-0.3, -0.25) is 0 Å². The summed E-state index contributed by atoms with van der Waals surface area (Å²) in [6.07, 6.45) is 1.72. The number of methoxy groups -OCH3 is 2. The van der Waals surface area contributed by atoms with Gasteiger partial charge in [-0.15, -0.1) is 0 Å². The number of para-hydroxylation sites is 1. The maximum absolute atomic E-state index is 9.42. The van der Waals surface area contributed by atoms with Gasteiger partial charge in [0.25, 0.3) is 0 Å². The predicted octanol–water partition coefficient (Wildman–Crippen LogP) is 3.64. The van der Waals surface area contributed by atoms with Gasteiger partial charge in [-0.2, -0.15) is 10.5 Å². The van der Waals surface area contributed by atoms with Crippen molar-refractivity contribution in [3.63, 3.8) is 0 Å². The molecule has 0 unspecified atom stereocenters. The molecule has 2 rings (SSSR count). The highest BCUT2D eigenvalue weighted by atomic mass is 16.5. The molecule has 0 aliphatic heterocycles. The quantitative estimate of drug-likeness (QED) is 0.637. The van der Waals surface area contributed by atoms with Crippen LogP contribution in [0.5, 0.6) is 11.5 Å². The molecule has 4 nitrogen and oxygen atoms in total. The first-order chi connectivity index (χ1) is 10.7. The molecule has 4 heteroatoms. The van der Waals surface area contributed by atoms with E-state index in [1.807, 2.05) is 12.1 Å². The Kier molecular flexibility index (Phi) is 4.80. The maximum Gasteiger partial charge on any atom is 0.167 e. The van der Waals surface area contributed by atoms with Gasteiger partial charge in [0, 0.05) is 5.56 Å². The van der Waals surface area contributed by atoms with Gasteiger partial charge < -0.3 is 9.47 Å².